The van der Waals surface area contributed by atoms with Crippen LogP contribution in [0.1, 0.15) is 31.2 Å². The molecular formula is C17H20N4O3. The van der Waals surface area contributed by atoms with Gasteiger partial charge in [0.05, 0.1) is 6.54 Å². The maximum Gasteiger partial charge on any atom is 0.257 e. The summed E-state index contributed by atoms with van der Waals surface area (Å²) in [6.07, 6.45) is 1.32. The third-order valence-corrected chi connectivity index (χ3v) is 4.15. The van der Waals surface area contributed by atoms with E-state index in [1.807, 2.05) is 38.2 Å². The van der Waals surface area contributed by atoms with Crippen molar-refractivity contribution >= 4 is 11.8 Å². The molecule has 3 rings (SSSR count). The highest BCUT2D eigenvalue weighted by Crippen LogP contribution is 2.20. The van der Waals surface area contributed by atoms with E-state index in [2.05, 4.69) is 15.5 Å². The topological polar surface area (TPSA) is 88.3 Å². The Bertz CT molecular complexity index is 723. The van der Waals surface area contributed by atoms with Crippen LogP contribution in [0.4, 0.5) is 0 Å². The van der Waals surface area contributed by atoms with Crippen molar-refractivity contribution in [3.05, 3.63) is 35.7 Å². The Hall–Kier alpha value is -2.54. The minimum atomic E-state index is -0.107. The Balaban J connectivity index is 1.68. The second kappa shape index (κ2) is 6.92. The third kappa shape index (κ3) is 3.51. The minimum absolute atomic E-state index is 0.107. The van der Waals surface area contributed by atoms with Crippen LogP contribution in [0.5, 0.6) is 0 Å². The smallest absolute Gasteiger partial charge is 0.257 e. The van der Waals surface area contributed by atoms with Crippen molar-refractivity contribution in [2.24, 2.45) is 0 Å². The highest BCUT2D eigenvalue weighted by atomic mass is 16.5. The summed E-state index contributed by atoms with van der Waals surface area (Å²) < 4.78 is 5.30. The molecule has 2 amide bonds. The van der Waals surface area contributed by atoms with E-state index in [0.717, 1.165) is 11.1 Å². The van der Waals surface area contributed by atoms with E-state index >= 15 is 0 Å². The molecule has 0 spiro atoms. The predicted octanol–water partition coefficient (Wildman–Crippen LogP) is 1.54. The summed E-state index contributed by atoms with van der Waals surface area (Å²) in [4.78, 5) is 29.0. The van der Waals surface area contributed by atoms with Crippen LogP contribution in [0.15, 0.2) is 28.8 Å². The highest BCUT2D eigenvalue weighted by molar-refractivity contribution is 6.01. The monoisotopic (exact) mass is 328 g/mol. The summed E-state index contributed by atoms with van der Waals surface area (Å²) in [7, 11) is 1.89. The van der Waals surface area contributed by atoms with Gasteiger partial charge in [-0.2, -0.15) is 4.98 Å². The zero-order valence-electron chi connectivity index (χ0n) is 13.8. The summed E-state index contributed by atoms with van der Waals surface area (Å²) >= 11 is 0. The number of rotatable bonds is 6. The Morgan fingerprint density at radius 3 is 2.50 bits per heavy atom. The lowest BCUT2D eigenvalue weighted by Crippen LogP contribution is -2.28. The van der Waals surface area contributed by atoms with E-state index in [4.69, 9.17) is 4.52 Å². The molecule has 2 aromatic rings. The average Bonchev–Trinajstić information content (AvgIpc) is 3.17. The number of likely N-dealkylation sites (tertiary alicyclic amines) is 1. The Kier molecular flexibility index (Phi) is 4.71. The van der Waals surface area contributed by atoms with Crippen molar-refractivity contribution in [1.29, 1.82) is 0 Å². The molecule has 1 aromatic heterocycles. The van der Waals surface area contributed by atoms with Crippen molar-refractivity contribution < 1.29 is 14.1 Å². The normalized spacial score (nSPS) is 16.0. The first-order valence-electron chi connectivity index (χ1n) is 7.99. The number of hydrogen-bond acceptors (Lipinski definition) is 6. The number of benzene rings is 1. The van der Waals surface area contributed by atoms with Crippen LogP contribution >= 0.6 is 0 Å². The lowest BCUT2D eigenvalue weighted by Gasteiger charge is -2.13. The number of carbonyl (C=O) groups is 2. The van der Waals surface area contributed by atoms with Crippen LogP contribution < -0.4 is 5.32 Å². The summed E-state index contributed by atoms with van der Waals surface area (Å²) in [5.41, 5.74) is 1.71. The van der Waals surface area contributed by atoms with Gasteiger partial charge in [0.2, 0.25) is 11.8 Å². The van der Waals surface area contributed by atoms with E-state index in [1.165, 1.54) is 4.90 Å². The third-order valence-electron chi connectivity index (χ3n) is 4.15. The largest absolute Gasteiger partial charge is 0.334 e. The molecule has 1 fully saturated rings. The molecule has 1 aromatic carbocycles. The van der Waals surface area contributed by atoms with Crippen LogP contribution in [-0.2, 0) is 22.6 Å². The van der Waals surface area contributed by atoms with Crippen LogP contribution in [0, 0.1) is 0 Å². The number of likely N-dealkylation sites (N-methyl/N-ethyl adjacent to an activating group) is 1. The number of hydrogen-bond donors (Lipinski definition) is 1. The number of amides is 2. The fourth-order valence-corrected chi connectivity index (χ4v) is 2.56. The number of nitrogens with one attached hydrogen (secondary N) is 1. The molecule has 7 heteroatoms. The standard InChI is InChI=1S/C17H20N4O3/c1-11(18-2)9-14-19-17(24-20-14)13-5-3-12(4-6-13)10-21-15(22)7-8-16(21)23/h3-6,11,18H,7-10H2,1-2H3. The zero-order valence-corrected chi connectivity index (χ0v) is 13.8. The van der Waals surface area contributed by atoms with Crippen LogP contribution in [0.3, 0.4) is 0 Å². The lowest BCUT2D eigenvalue weighted by atomic mass is 10.1. The summed E-state index contributed by atoms with van der Waals surface area (Å²) in [5.74, 6) is 0.908. The van der Waals surface area contributed by atoms with Gasteiger partial charge >= 0.3 is 0 Å². The van der Waals surface area contributed by atoms with Crippen molar-refractivity contribution in [1.82, 2.24) is 20.4 Å². The van der Waals surface area contributed by atoms with Gasteiger partial charge in [-0.3, -0.25) is 14.5 Å². The molecule has 0 bridgehead atoms. The molecule has 1 N–H and O–H groups in total. The Morgan fingerprint density at radius 1 is 1.21 bits per heavy atom. The first-order valence-corrected chi connectivity index (χ1v) is 7.99. The first-order chi connectivity index (χ1) is 11.6. The quantitative estimate of drug-likeness (QED) is 0.809. The highest BCUT2D eigenvalue weighted by Gasteiger charge is 2.28. The van der Waals surface area contributed by atoms with Crippen molar-refractivity contribution in [3.63, 3.8) is 0 Å². The van der Waals surface area contributed by atoms with Gasteiger partial charge in [-0.05, 0) is 31.7 Å². The van der Waals surface area contributed by atoms with E-state index in [9.17, 15) is 9.59 Å². The van der Waals surface area contributed by atoms with Gasteiger partial charge in [0, 0.05) is 30.9 Å². The van der Waals surface area contributed by atoms with Gasteiger partial charge in [-0.25, -0.2) is 0 Å². The number of aromatic nitrogens is 2. The van der Waals surface area contributed by atoms with E-state index in [-0.39, 0.29) is 17.9 Å². The summed E-state index contributed by atoms with van der Waals surface area (Å²) in [6.45, 7) is 2.36. The fraction of sp³-hybridized carbons (Fsp3) is 0.412. The van der Waals surface area contributed by atoms with Gasteiger partial charge in [-0.1, -0.05) is 17.3 Å². The molecule has 1 aliphatic rings. The van der Waals surface area contributed by atoms with Gasteiger partial charge < -0.3 is 9.84 Å². The van der Waals surface area contributed by atoms with Crippen molar-refractivity contribution in [2.45, 2.75) is 38.8 Å². The predicted molar refractivity (Wildman–Crippen MR) is 86.8 cm³/mol. The molecule has 0 saturated carbocycles. The molecule has 7 nitrogen and oxygen atoms in total. The molecule has 1 aliphatic heterocycles. The van der Waals surface area contributed by atoms with E-state index < -0.39 is 0 Å². The Labute approximate surface area is 140 Å². The Morgan fingerprint density at radius 2 is 1.88 bits per heavy atom. The maximum atomic E-state index is 11.7. The molecule has 126 valence electrons. The first kappa shape index (κ1) is 16.3. The molecular weight excluding hydrogens is 308 g/mol. The number of imide groups is 1. The molecule has 2 heterocycles. The van der Waals surface area contributed by atoms with E-state index in [0.29, 0.717) is 37.5 Å². The molecule has 1 atom stereocenters. The molecule has 24 heavy (non-hydrogen) atoms. The minimum Gasteiger partial charge on any atom is -0.334 e. The summed E-state index contributed by atoms with van der Waals surface area (Å²) in [6, 6.07) is 7.73. The average molecular weight is 328 g/mol. The fourth-order valence-electron chi connectivity index (χ4n) is 2.56. The van der Waals surface area contributed by atoms with Gasteiger partial charge in [0.15, 0.2) is 5.82 Å². The van der Waals surface area contributed by atoms with Crippen molar-refractivity contribution in [2.75, 3.05) is 7.05 Å². The number of nitrogens with zero attached hydrogens (tertiary/aromatic N) is 3. The molecule has 1 saturated heterocycles. The second-order valence-corrected chi connectivity index (χ2v) is 5.98. The number of carbonyl (C=O) groups excluding carboxylic acids is 2. The van der Waals surface area contributed by atoms with Crippen molar-refractivity contribution in [3.8, 4) is 11.5 Å². The van der Waals surface area contributed by atoms with Gasteiger partial charge in [0.1, 0.15) is 0 Å². The van der Waals surface area contributed by atoms with Gasteiger partial charge in [-0.15, -0.1) is 0 Å². The second-order valence-electron chi connectivity index (χ2n) is 5.98. The lowest BCUT2D eigenvalue weighted by molar-refractivity contribution is -0.139. The van der Waals surface area contributed by atoms with Gasteiger partial charge in [0.25, 0.3) is 5.89 Å². The summed E-state index contributed by atoms with van der Waals surface area (Å²) in [5, 5.41) is 7.11. The van der Waals surface area contributed by atoms with Crippen LogP contribution in [0.25, 0.3) is 11.5 Å². The molecule has 1 unspecified atom stereocenters. The molecule has 0 radical (unpaired) electrons. The zero-order chi connectivity index (χ0) is 17.1. The van der Waals surface area contributed by atoms with Crippen LogP contribution in [-0.4, -0.2) is 39.9 Å². The molecule has 0 aliphatic carbocycles. The maximum absolute atomic E-state index is 11.7. The van der Waals surface area contributed by atoms with E-state index in [1.54, 1.807) is 0 Å². The van der Waals surface area contributed by atoms with Crippen LogP contribution in [0.2, 0.25) is 0 Å². The SMILES string of the molecule is CNC(C)Cc1noc(-c2ccc(CN3C(=O)CCC3=O)cc2)n1.